The molecular weight excluding hydrogens is 436 g/mol. The summed E-state index contributed by atoms with van der Waals surface area (Å²) in [5, 5.41) is 23.2. The highest BCUT2D eigenvalue weighted by molar-refractivity contribution is 5.85. The zero-order chi connectivity index (χ0) is 24.2. The molecule has 1 aromatic heterocycles. The summed E-state index contributed by atoms with van der Waals surface area (Å²) in [6, 6.07) is 10.7. The third-order valence-electron chi connectivity index (χ3n) is 10.0. The minimum absolute atomic E-state index is 0.00992. The number of aliphatic hydroxyl groups is 2. The molecule has 7 rings (SSSR count). The SMILES string of the molecule is CN(C)C1CC23CCC4(O2)C(=CCC2(C)C(c5ccc6ncccc6c5)=CCC24)C=C3C(O)C1O. The standard InChI is InChI=1S/C30H34N2O3/c1-28-11-10-20-16-22-26(33)27(34)24(32(2)3)17-29(22)12-13-30(20,35-29)25(28)9-7-21(28)18-6-8-23-19(15-18)5-4-14-31-23/h4-8,10,14-16,24-27,33-34H,9,11-13,17H2,1-3H3. The molecular formula is C30H34N2O3. The number of aliphatic hydroxyl groups excluding tert-OH is 2. The van der Waals surface area contributed by atoms with Gasteiger partial charge in [-0.2, -0.15) is 0 Å². The van der Waals surface area contributed by atoms with Crippen LogP contribution in [-0.2, 0) is 4.74 Å². The normalized spacial score (nSPS) is 41.7. The number of hydrogen-bond donors (Lipinski definition) is 2. The second-order valence-electron chi connectivity index (χ2n) is 11.9. The Bertz CT molecular complexity index is 1330. The Balaban J connectivity index is 1.30. The molecule has 1 saturated carbocycles. The lowest BCUT2D eigenvalue weighted by atomic mass is 9.58. The molecule has 5 nitrogen and oxygen atoms in total. The van der Waals surface area contributed by atoms with Gasteiger partial charge in [0.2, 0.25) is 0 Å². The topological polar surface area (TPSA) is 65.8 Å². The lowest BCUT2D eigenvalue weighted by Gasteiger charge is -2.55. The monoisotopic (exact) mass is 470 g/mol. The van der Waals surface area contributed by atoms with Gasteiger partial charge in [-0.15, -0.1) is 0 Å². The Kier molecular flexibility index (Phi) is 4.47. The number of rotatable bonds is 2. The second-order valence-corrected chi connectivity index (χ2v) is 11.9. The van der Waals surface area contributed by atoms with Crippen molar-refractivity contribution in [2.24, 2.45) is 11.3 Å². The van der Waals surface area contributed by atoms with E-state index in [4.69, 9.17) is 4.74 Å². The van der Waals surface area contributed by atoms with Crippen LogP contribution in [0.15, 0.2) is 65.9 Å². The molecule has 2 N–H and O–H groups in total. The number of fused-ring (bicyclic) bond motifs is 2. The molecule has 1 saturated heterocycles. The molecule has 0 amide bonds. The van der Waals surface area contributed by atoms with Gasteiger partial charge < -0.3 is 19.8 Å². The van der Waals surface area contributed by atoms with Crippen LogP contribution < -0.4 is 0 Å². The Morgan fingerprint density at radius 2 is 1.97 bits per heavy atom. The van der Waals surface area contributed by atoms with Gasteiger partial charge in [0.1, 0.15) is 6.10 Å². The van der Waals surface area contributed by atoms with Crippen molar-refractivity contribution in [1.82, 2.24) is 9.88 Å². The average Bonchev–Trinajstić information content (AvgIpc) is 3.37. The predicted molar refractivity (Wildman–Crippen MR) is 137 cm³/mol. The summed E-state index contributed by atoms with van der Waals surface area (Å²) < 4.78 is 7.24. The van der Waals surface area contributed by atoms with Crippen LogP contribution in [-0.4, -0.2) is 63.6 Å². The van der Waals surface area contributed by atoms with Crippen LogP contribution in [0.1, 0.15) is 44.6 Å². The molecule has 35 heavy (non-hydrogen) atoms. The molecule has 5 heteroatoms. The Hall–Kier alpha value is -2.31. The van der Waals surface area contributed by atoms with Crippen molar-refractivity contribution in [2.75, 3.05) is 14.1 Å². The van der Waals surface area contributed by atoms with Crippen molar-refractivity contribution in [3.8, 4) is 0 Å². The molecule has 2 fully saturated rings. The maximum Gasteiger partial charge on any atom is 0.105 e. The van der Waals surface area contributed by atoms with E-state index in [1.165, 1.54) is 22.1 Å². The fourth-order valence-electron chi connectivity index (χ4n) is 8.19. The van der Waals surface area contributed by atoms with Gasteiger partial charge in [-0.1, -0.05) is 37.3 Å². The maximum absolute atomic E-state index is 11.1. The van der Waals surface area contributed by atoms with Crippen LogP contribution in [0.25, 0.3) is 16.5 Å². The first-order valence-electron chi connectivity index (χ1n) is 13.0. The van der Waals surface area contributed by atoms with Crippen LogP contribution in [0.2, 0.25) is 0 Å². The number of ether oxygens (including phenoxy) is 1. The first-order valence-corrected chi connectivity index (χ1v) is 13.0. The van der Waals surface area contributed by atoms with E-state index < -0.39 is 17.8 Å². The lowest BCUT2D eigenvalue weighted by molar-refractivity contribution is -0.161. The molecule has 7 atom stereocenters. The van der Waals surface area contributed by atoms with Crippen molar-refractivity contribution in [3.05, 3.63) is 71.5 Å². The molecule has 2 aromatic rings. The van der Waals surface area contributed by atoms with Crippen molar-refractivity contribution in [3.63, 3.8) is 0 Å². The quantitative estimate of drug-likeness (QED) is 0.687. The summed E-state index contributed by atoms with van der Waals surface area (Å²) >= 11 is 0. The average molecular weight is 471 g/mol. The maximum atomic E-state index is 11.1. The highest BCUT2D eigenvalue weighted by Crippen LogP contribution is 2.67. The highest BCUT2D eigenvalue weighted by atomic mass is 16.5. The van der Waals surface area contributed by atoms with Gasteiger partial charge >= 0.3 is 0 Å². The van der Waals surface area contributed by atoms with Gasteiger partial charge in [0.15, 0.2) is 0 Å². The number of benzene rings is 1. The fourth-order valence-corrected chi connectivity index (χ4v) is 8.19. The van der Waals surface area contributed by atoms with E-state index in [0.717, 1.165) is 43.2 Å². The number of nitrogens with zero attached hydrogens (tertiary/aromatic N) is 2. The third-order valence-corrected chi connectivity index (χ3v) is 10.0. The molecule has 182 valence electrons. The van der Waals surface area contributed by atoms with Crippen LogP contribution in [0, 0.1) is 11.3 Å². The fraction of sp³-hybridized carbons (Fsp3) is 0.500. The van der Waals surface area contributed by atoms with Crippen molar-refractivity contribution < 1.29 is 14.9 Å². The minimum atomic E-state index is -0.884. The summed E-state index contributed by atoms with van der Waals surface area (Å²) in [7, 11) is 3.96. The first kappa shape index (κ1) is 21.9. The lowest BCUT2D eigenvalue weighted by Crippen LogP contribution is -2.61. The third kappa shape index (κ3) is 2.76. The number of aromatic nitrogens is 1. The van der Waals surface area contributed by atoms with Crippen LogP contribution >= 0.6 is 0 Å². The smallest absolute Gasteiger partial charge is 0.105 e. The molecule has 2 aliphatic heterocycles. The van der Waals surface area contributed by atoms with Crippen LogP contribution in [0.4, 0.5) is 0 Å². The molecule has 3 heterocycles. The van der Waals surface area contributed by atoms with Crippen molar-refractivity contribution in [2.45, 2.75) is 68.5 Å². The molecule has 1 aromatic carbocycles. The summed E-state index contributed by atoms with van der Waals surface area (Å²) in [6.45, 7) is 2.42. The number of allylic oxidation sites excluding steroid dienone is 3. The van der Waals surface area contributed by atoms with Crippen molar-refractivity contribution >= 4 is 16.5 Å². The van der Waals surface area contributed by atoms with E-state index >= 15 is 0 Å². The summed E-state index contributed by atoms with van der Waals surface area (Å²) in [6.07, 6.45) is 11.7. The summed E-state index contributed by atoms with van der Waals surface area (Å²) in [5.74, 6) is 0.355. The number of likely N-dealkylation sites (N-methyl/N-ethyl adjacent to an activating group) is 1. The highest BCUT2D eigenvalue weighted by Gasteiger charge is 2.67. The molecule has 7 unspecified atom stereocenters. The zero-order valence-electron chi connectivity index (χ0n) is 20.7. The zero-order valence-corrected chi connectivity index (χ0v) is 20.7. The van der Waals surface area contributed by atoms with Gasteiger partial charge in [0.05, 0.1) is 22.8 Å². The van der Waals surface area contributed by atoms with E-state index in [1.807, 2.05) is 31.3 Å². The summed E-state index contributed by atoms with van der Waals surface area (Å²) in [5.41, 5.74) is 5.01. The predicted octanol–water partition coefficient (Wildman–Crippen LogP) is 4.26. The molecule has 5 aliphatic rings. The van der Waals surface area contributed by atoms with Gasteiger partial charge in [0.25, 0.3) is 0 Å². The van der Waals surface area contributed by atoms with Gasteiger partial charge in [-0.05, 0) is 86.7 Å². The van der Waals surface area contributed by atoms with E-state index in [0.29, 0.717) is 5.92 Å². The number of hydrogen-bond acceptors (Lipinski definition) is 5. The summed E-state index contributed by atoms with van der Waals surface area (Å²) in [4.78, 5) is 6.54. The molecule has 3 aliphatic carbocycles. The van der Waals surface area contributed by atoms with E-state index in [1.54, 1.807) is 0 Å². The van der Waals surface area contributed by atoms with Gasteiger partial charge in [-0.3, -0.25) is 4.98 Å². The second kappa shape index (κ2) is 7.13. The van der Waals surface area contributed by atoms with Gasteiger partial charge in [-0.25, -0.2) is 0 Å². The van der Waals surface area contributed by atoms with Crippen LogP contribution in [0.3, 0.4) is 0 Å². The van der Waals surface area contributed by atoms with Crippen molar-refractivity contribution in [1.29, 1.82) is 0 Å². The number of pyridine rings is 1. The Labute approximate surface area is 206 Å². The van der Waals surface area contributed by atoms with Crippen LogP contribution in [0.5, 0.6) is 0 Å². The first-order chi connectivity index (χ1) is 16.8. The van der Waals surface area contributed by atoms with E-state index in [-0.39, 0.29) is 17.1 Å². The minimum Gasteiger partial charge on any atom is -0.388 e. The molecule has 0 radical (unpaired) electrons. The molecule has 2 spiro atoms. The molecule has 2 bridgehead atoms. The Morgan fingerprint density at radius 3 is 2.80 bits per heavy atom. The Morgan fingerprint density at radius 1 is 1.11 bits per heavy atom. The van der Waals surface area contributed by atoms with E-state index in [2.05, 4.69) is 54.4 Å². The largest absolute Gasteiger partial charge is 0.388 e. The van der Waals surface area contributed by atoms with E-state index in [9.17, 15) is 10.2 Å². The van der Waals surface area contributed by atoms with Gasteiger partial charge in [0, 0.05) is 29.0 Å².